The first-order valence-electron chi connectivity index (χ1n) is 15.9. The number of aromatic nitrogens is 2. The third-order valence-corrected chi connectivity index (χ3v) is 9.97. The zero-order valence-corrected chi connectivity index (χ0v) is 26.2. The number of ether oxygens (including phenoxy) is 1. The lowest BCUT2D eigenvalue weighted by Crippen LogP contribution is -2.51. The van der Waals surface area contributed by atoms with Gasteiger partial charge in [0.05, 0.1) is 17.5 Å². The monoisotopic (exact) mass is 645 g/mol. The molecule has 2 bridgehead atoms. The van der Waals surface area contributed by atoms with Gasteiger partial charge in [0.1, 0.15) is 35.3 Å². The van der Waals surface area contributed by atoms with Crippen LogP contribution in [0.15, 0.2) is 42.2 Å². The molecule has 0 unspecified atom stereocenters. The number of rotatable bonds is 6. The number of piperidine rings is 1. The molecule has 3 aliphatic heterocycles. The number of hydrogen-bond acceptors (Lipinski definition) is 7. The highest BCUT2D eigenvalue weighted by molar-refractivity contribution is 6.04. The van der Waals surface area contributed by atoms with Gasteiger partial charge in [0, 0.05) is 60.0 Å². The van der Waals surface area contributed by atoms with Gasteiger partial charge in [-0.15, -0.1) is 6.42 Å². The van der Waals surface area contributed by atoms with Crippen LogP contribution in [0.2, 0.25) is 0 Å². The molecule has 0 spiro atoms. The van der Waals surface area contributed by atoms with Crippen molar-refractivity contribution in [2.75, 3.05) is 44.2 Å². The maximum Gasteiger partial charge on any atom is 0.319 e. The number of phenolic OH excluding ortho intramolecular Hbond substituents is 1. The van der Waals surface area contributed by atoms with E-state index < -0.39 is 28.4 Å². The molecule has 244 valence electrons. The van der Waals surface area contributed by atoms with Gasteiger partial charge < -0.3 is 25.0 Å². The van der Waals surface area contributed by atoms with Crippen molar-refractivity contribution in [3.63, 3.8) is 0 Å². The Morgan fingerprint density at radius 3 is 2.60 bits per heavy atom. The molecule has 1 aromatic heterocycles. The Bertz CT molecular complexity index is 1970. The SMILES string of the molecule is C#Cc1c(F)ccc2cc(O)cc(-c3c(F)cc4c(N5C[C@H]6CC[C@@H](C5)N6)nc(OC[C@]5(C)CN(CC)CC/C5=C\F)nc4c3F)c12. The standard InChI is InChI=1S/C36H35F4N5O2/c1-4-25-28(38)9-6-20-12-24(46)13-26(30(20)25)31-29(39)14-27-33(32(31)40)42-35(43-34(27)45-16-22-7-8-23(17-45)41-22)47-19-36(3)18-44(5-2)11-10-21(36)15-37/h1,6,9,12-15,22-23,41,46H,5,7-8,10-11,16-19H2,2-3H3/b21-15+/t22-,23+,36-/m0/s1. The highest BCUT2D eigenvalue weighted by Crippen LogP contribution is 2.42. The normalized spacial score (nSPS) is 23.9. The number of anilines is 1. The van der Waals surface area contributed by atoms with Crippen molar-refractivity contribution in [2.45, 2.75) is 45.2 Å². The van der Waals surface area contributed by atoms with E-state index in [9.17, 15) is 13.9 Å². The largest absolute Gasteiger partial charge is 0.508 e. The number of nitrogens with one attached hydrogen (secondary N) is 1. The molecule has 3 aliphatic rings. The summed E-state index contributed by atoms with van der Waals surface area (Å²) in [6, 6.07) is 6.50. The molecule has 0 aliphatic carbocycles. The molecule has 3 atom stereocenters. The van der Waals surface area contributed by atoms with Gasteiger partial charge in [0.2, 0.25) is 0 Å². The summed E-state index contributed by atoms with van der Waals surface area (Å²) in [5.74, 6) is -0.367. The number of terminal acetylenes is 1. The lowest BCUT2D eigenvalue weighted by Gasteiger charge is -2.41. The van der Waals surface area contributed by atoms with E-state index >= 15 is 8.78 Å². The summed E-state index contributed by atoms with van der Waals surface area (Å²) in [5.41, 5.74) is -1.08. The molecular formula is C36H35F4N5O2. The van der Waals surface area contributed by atoms with Gasteiger partial charge >= 0.3 is 6.01 Å². The van der Waals surface area contributed by atoms with Crippen LogP contribution >= 0.6 is 0 Å². The van der Waals surface area contributed by atoms with Crippen LogP contribution in [0.1, 0.15) is 38.7 Å². The summed E-state index contributed by atoms with van der Waals surface area (Å²) in [6.45, 7) is 7.24. The zero-order chi connectivity index (χ0) is 33.0. The Labute approximate surface area is 270 Å². The molecule has 2 N–H and O–H groups in total. The maximum absolute atomic E-state index is 16.9. The van der Waals surface area contributed by atoms with E-state index in [0.717, 1.165) is 38.1 Å². The second-order valence-corrected chi connectivity index (χ2v) is 13.1. The van der Waals surface area contributed by atoms with Crippen molar-refractivity contribution >= 4 is 27.5 Å². The quantitative estimate of drug-likeness (QED) is 0.184. The Balaban J connectivity index is 1.40. The summed E-state index contributed by atoms with van der Waals surface area (Å²) in [4.78, 5) is 13.4. The molecule has 3 saturated heterocycles. The first-order valence-corrected chi connectivity index (χ1v) is 15.9. The van der Waals surface area contributed by atoms with Crippen LogP contribution in [0.3, 0.4) is 0 Å². The van der Waals surface area contributed by atoms with E-state index in [1.807, 2.05) is 18.7 Å². The molecular weight excluding hydrogens is 610 g/mol. The van der Waals surface area contributed by atoms with Crippen LogP contribution in [0.25, 0.3) is 32.8 Å². The Morgan fingerprint density at radius 2 is 1.89 bits per heavy atom. The number of fused-ring (bicyclic) bond motifs is 4. The zero-order valence-electron chi connectivity index (χ0n) is 26.2. The number of piperazine rings is 1. The fourth-order valence-corrected chi connectivity index (χ4v) is 7.52. The first kappa shape index (κ1) is 31.2. The molecule has 0 amide bonds. The van der Waals surface area contributed by atoms with Crippen molar-refractivity contribution in [3.8, 4) is 35.2 Å². The second kappa shape index (κ2) is 12.0. The molecule has 3 aromatic carbocycles. The molecule has 0 saturated carbocycles. The van der Waals surface area contributed by atoms with Crippen molar-refractivity contribution in [2.24, 2.45) is 5.41 Å². The van der Waals surface area contributed by atoms with Crippen molar-refractivity contribution in [1.29, 1.82) is 0 Å². The van der Waals surface area contributed by atoms with Gasteiger partial charge in [-0.25, -0.2) is 17.6 Å². The number of hydrogen-bond donors (Lipinski definition) is 2. The molecule has 11 heteroatoms. The lowest BCUT2D eigenvalue weighted by molar-refractivity contribution is 0.0977. The van der Waals surface area contributed by atoms with Gasteiger partial charge in [-0.3, -0.25) is 0 Å². The number of halogens is 4. The number of likely N-dealkylation sites (tertiary alicyclic amines) is 1. The number of benzene rings is 3. The predicted molar refractivity (Wildman–Crippen MR) is 174 cm³/mol. The van der Waals surface area contributed by atoms with E-state index in [2.05, 4.69) is 21.1 Å². The minimum Gasteiger partial charge on any atom is -0.508 e. The van der Waals surface area contributed by atoms with Gasteiger partial charge in [0.15, 0.2) is 5.82 Å². The minimum absolute atomic E-state index is 0.0364. The van der Waals surface area contributed by atoms with Gasteiger partial charge in [-0.1, -0.05) is 25.8 Å². The van der Waals surface area contributed by atoms with E-state index in [4.69, 9.17) is 16.1 Å². The van der Waals surface area contributed by atoms with E-state index in [0.29, 0.717) is 49.2 Å². The van der Waals surface area contributed by atoms with Crippen LogP contribution in [0.5, 0.6) is 11.8 Å². The minimum atomic E-state index is -1.03. The van der Waals surface area contributed by atoms with Crippen molar-refractivity contribution < 1.29 is 27.4 Å². The average Bonchev–Trinajstić information content (AvgIpc) is 3.40. The number of aromatic hydroxyl groups is 1. The summed E-state index contributed by atoms with van der Waals surface area (Å²) in [6.07, 6.45) is 8.78. The van der Waals surface area contributed by atoms with Gasteiger partial charge in [-0.2, -0.15) is 9.97 Å². The lowest BCUT2D eigenvalue weighted by atomic mass is 9.78. The Hall–Kier alpha value is -4.40. The highest BCUT2D eigenvalue weighted by Gasteiger charge is 2.38. The van der Waals surface area contributed by atoms with Crippen LogP contribution in [-0.2, 0) is 0 Å². The Morgan fingerprint density at radius 1 is 1.13 bits per heavy atom. The smallest absolute Gasteiger partial charge is 0.319 e. The third-order valence-electron chi connectivity index (χ3n) is 9.97. The van der Waals surface area contributed by atoms with Crippen LogP contribution in [-0.4, -0.2) is 71.4 Å². The fourth-order valence-electron chi connectivity index (χ4n) is 7.52. The van der Waals surface area contributed by atoms with E-state index in [-0.39, 0.29) is 57.9 Å². The summed E-state index contributed by atoms with van der Waals surface area (Å²) < 4.78 is 68.2. The molecule has 7 nitrogen and oxygen atoms in total. The molecule has 3 fully saturated rings. The van der Waals surface area contributed by atoms with E-state index in [1.165, 1.54) is 18.2 Å². The Kier molecular flexibility index (Phi) is 7.97. The fraction of sp³-hybridized carbons (Fsp3) is 0.389. The van der Waals surface area contributed by atoms with Crippen LogP contribution in [0, 0.1) is 35.2 Å². The molecule has 0 radical (unpaired) electrons. The van der Waals surface area contributed by atoms with E-state index in [1.54, 1.807) is 0 Å². The average molecular weight is 646 g/mol. The number of phenols is 1. The third kappa shape index (κ3) is 5.43. The summed E-state index contributed by atoms with van der Waals surface area (Å²) in [7, 11) is 0. The van der Waals surface area contributed by atoms with Crippen LogP contribution < -0.4 is 15.0 Å². The molecule has 4 heterocycles. The second-order valence-electron chi connectivity index (χ2n) is 13.1. The molecule has 4 aromatic rings. The molecule has 7 rings (SSSR count). The van der Waals surface area contributed by atoms with Crippen LogP contribution in [0.4, 0.5) is 23.4 Å². The number of nitrogens with zero attached hydrogens (tertiary/aromatic N) is 4. The van der Waals surface area contributed by atoms with Crippen molar-refractivity contribution in [1.82, 2.24) is 20.2 Å². The topological polar surface area (TPSA) is 73.8 Å². The van der Waals surface area contributed by atoms with Gasteiger partial charge in [0.25, 0.3) is 0 Å². The summed E-state index contributed by atoms with van der Waals surface area (Å²) in [5, 5.41) is 14.6. The highest BCUT2D eigenvalue weighted by atomic mass is 19.1. The van der Waals surface area contributed by atoms with Gasteiger partial charge in [-0.05, 0) is 61.0 Å². The van der Waals surface area contributed by atoms with Crippen molar-refractivity contribution in [3.05, 3.63) is 65.2 Å². The maximum atomic E-state index is 16.9. The summed E-state index contributed by atoms with van der Waals surface area (Å²) >= 11 is 0. The first-order chi connectivity index (χ1) is 22.6. The predicted octanol–water partition coefficient (Wildman–Crippen LogP) is 6.46. The molecule has 47 heavy (non-hydrogen) atoms.